The lowest BCUT2D eigenvalue weighted by Crippen LogP contribution is -2.38. The first-order valence-corrected chi connectivity index (χ1v) is 20.5. The van der Waals surface area contributed by atoms with Gasteiger partial charge in [0, 0.05) is 56.2 Å². The van der Waals surface area contributed by atoms with Gasteiger partial charge in [0.2, 0.25) is 0 Å². The van der Waals surface area contributed by atoms with Crippen LogP contribution in [0.25, 0.3) is 10.8 Å². The summed E-state index contributed by atoms with van der Waals surface area (Å²) in [6.07, 6.45) is 17.3. The van der Waals surface area contributed by atoms with Gasteiger partial charge < -0.3 is 14.7 Å². The summed E-state index contributed by atoms with van der Waals surface area (Å²) in [5.41, 5.74) is 0.0754. The number of aromatic hydroxyl groups is 1. The number of carbonyl (C=O) groups excluding carboxylic acids is 1. The molecule has 0 radical (unpaired) electrons. The molecule has 4 unspecified atom stereocenters. The predicted octanol–water partition coefficient (Wildman–Crippen LogP) is 8.67. The minimum Gasteiger partial charge on any atom is -0.506 e. The lowest BCUT2D eigenvalue weighted by atomic mass is 10.0. The predicted molar refractivity (Wildman–Crippen MR) is 194 cm³/mol. The number of unbranched alkanes of at least 4 members (excludes halogenated alkanes) is 13. The molecular weight excluding hydrogens is 617 g/mol. The molecule has 1 N–H and O–H groups in total. The van der Waals surface area contributed by atoms with Crippen molar-refractivity contribution < 1.29 is 23.1 Å². The molecule has 0 spiro atoms. The first-order valence-electron chi connectivity index (χ1n) is 17.6. The van der Waals surface area contributed by atoms with Crippen molar-refractivity contribution in [3.8, 4) is 17.6 Å². The molecule has 2 aromatic rings. The number of fused-ring (bicyclic) bond motifs is 1. The van der Waals surface area contributed by atoms with Crippen molar-refractivity contribution in [2.24, 2.45) is 0 Å². The van der Waals surface area contributed by atoms with Gasteiger partial charge in [-0.1, -0.05) is 129 Å². The number of ether oxygens (including phenoxy) is 1. The van der Waals surface area contributed by atoms with Gasteiger partial charge in [0.25, 0.3) is 5.91 Å². The van der Waals surface area contributed by atoms with Crippen LogP contribution in [0.4, 0.5) is 0 Å². The third-order valence-corrected chi connectivity index (χ3v) is 11.9. The molecule has 0 fully saturated rings. The second-order valence-corrected chi connectivity index (χ2v) is 16.0. The molecule has 2 rings (SSSR count). The summed E-state index contributed by atoms with van der Waals surface area (Å²) in [5.74, 6) is 0.992. The van der Waals surface area contributed by atoms with Gasteiger partial charge in [0.1, 0.15) is 24.1 Å². The van der Waals surface area contributed by atoms with E-state index >= 15 is 0 Å². The van der Waals surface area contributed by atoms with E-state index in [0.29, 0.717) is 34.6 Å². The second kappa shape index (κ2) is 23.0. The molecule has 258 valence electrons. The van der Waals surface area contributed by atoms with Gasteiger partial charge in [-0.3, -0.25) is 13.2 Å². The van der Waals surface area contributed by atoms with Gasteiger partial charge in [0.05, 0.1) is 16.9 Å². The third-order valence-electron chi connectivity index (χ3n) is 8.65. The number of hydrogen-bond acceptors (Lipinski definition) is 6. The fourth-order valence-corrected chi connectivity index (χ4v) is 8.23. The fraction of sp³-hybridized carbons (Fsp3) is 0.676. The number of rotatable bonds is 25. The Morgan fingerprint density at radius 2 is 1.41 bits per heavy atom. The van der Waals surface area contributed by atoms with Crippen molar-refractivity contribution in [1.29, 1.82) is 5.26 Å². The van der Waals surface area contributed by atoms with Crippen LogP contribution in [0.3, 0.4) is 0 Å². The van der Waals surface area contributed by atoms with Crippen molar-refractivity contribution in [1.82, 2.24) is 4.90 Å². The molecule has 4 atom stereocenters. The second-order valence-electron chi connectivity index (χ2n) is 12.2. The minimum atomic E-state index is -1.22. The van der Waals surface area contributed by atoms with Crippen LogP contribution in [-0.2, 0) is 21.6 Å². The zero-order valence-electron chi connectivity index (χ0n) is 28.8. The number of phenolic OH excluding ortho intramolecular Hbond substituents is 1. The zero-order valence-corrected chi connectivity index (χ0v) is 30.4. The molecule has 7 nitrogen and oxygen atoms in total. The Morgan fingerprint density at radius 1 is 0.870 bits per heavy atom. The van der Waals surface area contributed by atoms with Crippen LogP contribution in [0.15, 0.2) is 30.3 Å². The maximum atomic E-state index is 13.9. The van der Waals surface area contributed by atoms with Crippen LogP contribution >= 0.6 is 0 Å². The quantitative estimate of drug-likeness (QED) is 0.106. The average molecular weight is 675 g/mol. The van der Waals surface area contributed by atoms with E-state index in [1.165, 1.54) is 81.6 Å². The van der Waals surface area contributed by atoms with E-state index in [-0.39, 0.29) is 23.7 Å². The molecule has 0 heterocycles. The number of amides is 1. The normalized spacial score (nSPS) is 14.0. The van der Waals surface area contributed by atoms with Crippen LogP contribution in [-0.4, -0.2) is 66.0 Å². The van der Waals surface area contributed by atoms with Crippen molar-refractivity contribution in [2.45, 2.75) is 129 Å². The third kappa shape index (κ3) is 13.4. The van der Waals surface area contributed by atoms with Crippen molar-refractivity contribution >= 4 is 38.3 Å². The van der Waals surface area contributed by atoms with Gasteiger partial charge in [-0.15, -0.1) is 0 Å². The largest absolute Gasteiger partial charge is 0.506 e. The Hall–Kier alpha value is -2.44. The average Bonchev–Trinajstić information content (AvgIpc) is 3.08. The lowest BCUT2D eigenvalue weighted by molar-refractivity contribution is 0.0721. The molecule has 9 heteroatoms. The molecule has 0 saturated heterocycles. The Labute approximate surface area is 283 Å². The number of carbonyl (C=O) groups is 1. The molecule has 0 aromatic heterocycles. The zero-order chi connectivity index (χ0) is 33.7. The highest BCUT2D eigenvalue weighted by molar-refractivity contribution is 7.89. The maximum absolute atomic E-state index is 13.9. The molecule has 2 aromatic carbocycles. The molecule has 0 aliphatic heterocycles. The van der Waals surface area contributed by atoms with Gasteiger partial charge in [-0.05, 0) is 19.4 Å². The van der Waals surface area contributed by atoms with E-state index in [1.807, 2.05) is 19.9 Å². The highest BCUT2D eigenvalue weighted by atomic mass is 32.2. The van der Waals surface area contributed by atoms with Gasteiger partial charge in [0.15, 0.2) is 0 Å². The van der Waals surface area contributed by atoms with E-state index in [9.17, 15) is 23.6 Å². The van der Waals surface area contributed by atoms with Crippen molar-refractivity contribution in [3.63, 3.8) is 0 Å². The molecule has 0 aliphatic rings. The van der Waals surface area contributed by atoms with E-state index in [4.69, 9.17) is 4.74 Å². The summed E-state index contributed by atoms with van der Waals surface area (Å²) in [6.45, 7) is 8.12. The summed E-state index contributed by atoms with van der Waals surface area (Å²) < 4.78 is 31.2. The molecule has 0 aliphatic carbocycles. The van der Waals surface area contributed by atoms with Crippen molar-refractivity contribution in [2.75, 3.05) is 30.4 Å². The standard InChI is InChI=1S/C37H58N2O5S2/c1-5-8-9-10-11-12-13-14-15-16-17-18-19-22-25-39(30(4)27-38)37(41)34-26-35(32-23-20-21-24-33(32)36(34)40)44-28-31(46(43)7-3)29-45(42)6-2/h20-21,23-24,26,30-31,40H,5-19,22,25,28-29H2,1-4H3. The van der Waals surface area contributed by atoms with Crippen LogP contribution in [0.1, 0.15) is 128 Å². The van der Waals surface area contributed by atoms with Gasteiger partial charge in [-0.25, -0.2) is 0 Å². The van der Waals surface area contributed by atoms with Crippen LogP contribution < -0.4 is 4.74 Å². The summed E-state index contributed by atoms with van der Waals surface area (Å²) in [6, 6.07) is 10.2. The van der Waals surface area contributed by atoms with E-state index in [0.717, 1.165) is 19.3 Å². The number of hydrogen-bond donors (Lipinski definition) is 1. The number of phenols is 1. The van der Waals surface area contributed by atoms with Crippen LogP contribution in [0, 0.1) is 11.3 Å². The van der Waals surface area contributed by atoms with Gasteiger partial charge in [-0.2, -0.15) is 5.26 Å². The molecule has 46 heavy (non-hydrogen) atoms. The minimum absolute atomic E-state index is 0.0753. The summed E-state index contributed by atoms with van der Waals surface area (Å²) in [7, 11) is -2.32. The van der Waals surface area contributed by atoms with Crippen LogP contribution in [0.2, 0.25) is 0 Å². The fourth-order valence-electron chi connectivity index (χ4n) is 5.72. The summed E-state index contributed by atoms with van der Waals surface area (Å²) >= 11 is 0. The highest BCUT2D eigenvalue weighted by Crippen LogP contribution is 2.37. The van der Waals surface area contributed by atoms with E-state index < -0.39 is 38.8 Å². The Morgan fingerprint density at radius 3 is 1.93 bits per heavy atom. The number of benzene rings is 2. The number of nitrogens with zero attached hydrogens (tertiary/aromatic N) is 2. The smallest absolute Gasteiger partial charge is 0.258 e. The SMILES string of the molecule is CCCCCCCCCCCCCCCCN(C(=O)c1cc(OCC(CS(=O)CC)S(=O)CC)c2ccccc2c1O)C(C)C#N. The highest BCUT2D eigenvalue weighted by Gasteiger charge is 2.27. The lowest BCUT2D eigenvalue weighted by Gasteiger charge is -2.26. The molecule has 0 saturated carbocycles. The van der Waals surface area contributed by atoms with Crippen LogP contribution in [0.5, 0.6) is 11.5 Å². The monoisotopic (exact) mass is 674 g/mol. The first-order chi connectivity index (χ1) is 22.3. The molecular formula is C37H58N2O5S2. The molecule has 0 bridgehead atoms. The Balaban J connectivity index is 2.02. The van der Waals surface area contributed by atoms with Gasteiger partial charge >= 0.3 is 0 Å². The molecule has 1 amide bonds. The number of nitriles is 1. The summed E-state index contributed by atoms with van der Waals surface area (Å²) in [4.78, 5) is 15.4. The maximum Gasteiger partial charge on any atom is 0.258 e. The van der Waals surface area contributed by atoms with E-state index in [2.05, 4.69) is 13.0 Å². The topological polar surface area (TPSA) is 108 Å². The first kappa shape index (κ1) is 39.7. The Kier molecular flexibility index (Phi) is 19.9. The van der Waals surface area contributed by atoms with E-state index in [1.54, 1.807) is 25.1 Å². The van der Waals surface area contributed by atoms with Crippen molar-refractivity contribution in [3.05, 3.63) is 35.9 Å². The summed E-state index contributed by atoms with van der Waals surface area (Å²) in [5, 5.41) is 21.6. The Bertz CT molecular complexity index is 1280.